The Bertz CT molecular complexity index is 309. The Balaban J connectivity index is 2.79. The average molecular weight is 242 g/mol. The Hall–Kier alpha value is -1.26. The summed E-state index contributed by atoms with van der Waals surface area (Å²) in [5.74, 6) is -0.909. The number of carboxylic acids is 1. The van der Waals surface area contributed by atoms with Crippen molar-refractivity contribution in [3.8, 4) is 0 Å². The van der Waals surface area contributed by atoms with E-state index in [2.05, 4.69) is 5.32 Å². The monoisotopic (exact) mass is 242 g/mol. The molecule has 5 nitrogen and oxygen atoms in total. The second-order valence-electron chi connectivity index (χ2n) is 5.78. The number of nitrogens with zero attached hydrogens (tertiary/aromatic N) is 1. The van der Waals surface area contributed by atoms with E-state index in [1.807, 2.05) is 27.7 Å². The molecule has 2 N–H and O–H groups in total. The number of piperidine rings is 1. The molecular weight excluding hydrogens is 220 g/mol. The van der Waals surface area contributed by atoms with E-state index in [0.29, 0.717) is 6.54 Å². The molecule has 0 saturated carbocycles. The number of aliphatic carboxylic acids is 1. The van der Waals surface area contributed by atoms with Crippen LogP contribution in [0.2, 0.25) is 0 Å². The van der Waals surface area contributed by atoms with Gasteiger partial charge in [0.05, 0.1) is 0 Å². The van der Waals surface area contributed by atoms with Gasteiger partial charge in [0.25, 0.3) is 0 Å². The average Bonchev–Trinajstić information content (AvgIpc) is 2.13. The highest BCUT2D eigenvalue weighted by atomic mass is 16.4. The molecule has 0 aromatic heterocycles. The zero-order valence-electron chi connectivity index (χ0n) is 11.0. The Morgan fingerprint density at radius 1 is 1.35 bits per heavy atom. The highest BCUT2D eigenvalue weighted by Crippen LogP contribution is 2.23. The van der Waals surface area contributed by atoms with Crippen molar-refractivity contribution in [2.24, 2.45) is 5.92 Å². The third-order valence-electron chi connectivity index (χ3n) is 2.93. The van der Waals surface area contributed by atoms with Crippen molar-refractivity contribution >= 4 is 12.0 Å². The molecule has 0 aliphatic carbocycles. The Morgan fingerprint density at radius 3 is 2.41 bits per heavy atom. The number of rotatable bonds is 1. The topological polar surface area (TPSA) is 69.6 Å². The lowest BCUT2D eigenvalue weighted by molar-refractivity contribution is -0.145. The van der Waals surface area contributed by atoms with Gasteiger partial charge in [-0.25, -0.2) is 9.59 Å². The number of carbonyl (C=O) groups excluding carboxylic acids is 1. The van der Waals surface area contributed by atoms with Gasteiger partial charge >= 0.3 is 12.0 Å². The van der Waals surface area contributed by atoms with Crippen LogP contribution in [0.3, 0.4) is 0 Å². The van der Waals surface area contributed by atoms with E-state index in [4.69, 9.17) is 0 Å². The molecule has 1 saturated heterocycles. The molecule has 5 heteroatoms. The first-order chi connectivity index (χ1) is 7.72. The van der Waals surface area contributed by atoms with E-state index in [9.17, 15) is 14.7 Å². The van der Waals surface area contributed by atoms with Crippen molar-refractivity contribution in [1.82, 2.24) is 10.2 Å². The van der Waals surface area contributed by atoms with Crippen molar-refractivity contribution in [3.05, 3.63) is 0 Å². The first kappa shape index (κ1) is 13.8. The van der Waals surface area contributed by atoms with Crippen LogP contribution in [0.15, 0.2) is 0 Å². The molecule has 2 atom stereocenters. The zero-order chi connectivity index (χ0) is 13.2. The van der Waals surface area contributed by atoms with Crippen molar-refractivity contribution in [2.75, 3.05) is 6.54 Å². The number of carbonyl (C=O) groups is 2. The summed E-state index contributed by atoms with van der Waals surface area (Å²) in [5, 5.41) is 12.0. The molecular formula is C12H22N2O3. The summed E-state index contributed by atoms with van der Waals surface area (Å²) in [7, 11) is 0. The van der Waals surface area contributed by atoms with Crippen LogP contribution in [0.1, 0.15) is 40.5 Å². The van der Waals surface area contributed by atoms with Gasteiger partial charge in [-0.2, -0.15) is 0 Å². The summed E-state index contributed by atoms with van der Waals surface area (Å²) in [5.41, 5.74) is -0.346. The molecule has 1 aliphatic heterocycles. The predicted octanol–water partition coefficient (Wildman–Crippen LogP) is 1.68. The van der Waals surface area contributed by atoms with Gasteiger partial charge in [-0.05, 0) is 39.5 Å². The molecule has 0 aromatic rings. The van der Waals surface area contributed by atoms with Crippen molar-refractivity contribution in [1.29, 1.82) is 0 Å². The van der Waals surface area contributed by atoms with Crippen LogP contribution in [0.5, 0.6) is 0 Å². The number of carboxylic acid groups (broad SMARTS) is 1. The molecule has 2 amide bonds. The van der Waals surface area contributed by atoms with Crippen LogP contribution >= 0.6 is 0 Å². The Morgan fingerprint density at radius 2 is 1.94 bits per heavy atom. The van der Waals surface area contributed by atoms with Crippen molar-refractivity contribution < 1.29 is 14.7 Å². The Kier molecular flexibility index (Phi) is 4.01. The maximum Gasteiger partial charge on any atom is 0.326 e. The molecule has 17 heavy (non-hydrogen) atoms. The molecule has 1 aliphatic rings. The summed E-state index contributed by atoms with van der Waals surface area (Å²) in [6, 6.07) is -0.984. The standard InChI is InChI=1S/C12H22N2O3/c1-8-6-5-7-14(9(8)10(15)16)11(17)13-12(2,3)4/h8-9H,5-7H2,1-4H3,(H,13,17)(H,15,16). The van der Waals surface area contributed by atoms with Gasteiger partial charge in [0.1, 0.15) is 6.04 Å². The molecule has 0 spiro atoms. The van der Waals surface area contributed by atoms with Gasteiger partial charge in [-0.15, -0.1) is 0 Å². The van der Waals surface area contributed by atoms with Gasteiger partial charge in [0.15, 0.2) is 0 Å². The highest BCUT2D eigenvalue weighted by Gasteiger charge is 2.37. The van der Waals surface area contributed by atoms with Crippen molar-refractivity contribution in [2.45, 2.75) is 52.1 Å². The second kappa shape index (κ2) is 4.94. The molecule has 1 fully saturated rings. The van der Waals surface area contributed by atoms with E-state index in [0.717, 1.165) is 12.8 Å². The molecule has 0 aromatic carbocycles. The third kappa shape index (κ3) is 3.61. The number of urea groups is 1. The molecule has 1 heterocycles. The van der Waals surface area contributed by atoms with E-state index < -0.39 is 12.0 Å². The molecule has 0 radical (unpaired) electrons. The largest absolute Gasteiger partial charge is 0.480 e. The van der Waals surface area contributed by atoms with Crippen LogP contribution in [0.25, 0.3) is 0 Å². The lowest BCUT2D eigenvalue weighted by Gasteiger charge is -2.38. The number of amides is 2. The van der Waals surface area contributed by atoms with E-state index >= 15 is 0 Å². The highest BCUT2D eigenvalue weighted by molar-refractivity contribution is 5.83. The minimum atomic E-state index is -0.916. The zero-order valence-corrected chi connectivity index (χ0v) is 11.0. The molecule has 98 valence electrons. The number of hydrogen-bond acceptors (Lipinski definition) is 2. The van der Waals surface area contributed by atoms with Gasteiger partial charge in [0.2, 0.25) is 0 Å². The minimum absolute atomic E-state index is 0.00645. The van der Waals surface area contributed by atoms with Gasteiger partial charge in [0, 0.05) is 12.1 Å². The smallest absolute Gasteiger partial charge is 0.326 e. The van der Waals surface area contributed by atoms with Crippen LogP contribution in [0.4, 0.5) is 4.79 Å². The summed E-state index contributed by atoms with van der Waals surface area (Å²) in [6.07, 6.45) is 1.72. The molecule has 0 bridgehead atoms. The quantitative estimate of drug-likeness (QED) is 0.735. The predicted molar refractivity (Wildman–Crippen MR) is 64.8 cm³/mol. The SMILES string of the molecule is CC1CCCN(C(=O)NC(C)(C)C)C1C(=O)O. The van der Waals surface area contributed by atoms with Gasteiger partial charge in [-0.1, -0.05) is 6.92 Å². The maximum atomic E-state index is 12.0. The van der Waals surface area contributed by atoms with E-state index in [1.165, 1.54) is 4.90 Å². The Labute approximate surface area is 102 Å². The third-order valence-corrected chi connectivity index (χ3v) is 2.93. The van der Waals surface area contributed by atoms with Gasteiger partial charge < -0.3 is 15.3 Å². The van der Waals surface area contributed by atoms with Crippen LogP contribution in [-0.2, 0) is 4.79 Å². The fourth-order valence-electron chi connectivity index (χ4n) is 2.18. The summed E-state index contributed by atoms with van der Waals surface area (Å²) in [6.45, 7) is 8.05. The van der Waals surface area contributed by atoms with Crippen LogP contribution in [0, 0.1) is 5.92 Å². The fourth-order valence-corrected chi connectivity index (χ4v) is 2.18. The summed E-state index contributed by atoms with van der Waals surface area (Å²) < 4.78 is 0. The van der Waals surface area contributed by atoms with E-state index in [1.54, 1.807) is 0 Å². The maximum absolute atomic E-state index is 12.0. The summed E-state index contributed by atoms with van der Waals surface area (Å²) >= 11 is 0. The van der Waals surface area contributed by atoms with Crippen LogP contribution in [-0.4, -0.2) is 40.1 Å². The fraction of sp³-hybridized carbons (Fsp3) is 0.833. The number of likely N-dealkylation sites (tertiary alicyclic amines) is 1. The number of hydrogen-bond donors (Lipinski definition) is 2. The van der Waals surface area contributed by atoms with Gasteiger partial charge in [-0.3, -0.25) is 0 Å². The first-order valence-electron chi connectivity index (χ1n) is 6.04. The van der Waals surface area contributed by atoms with Crippen molar-refractivity contribution in [3.63, 3.8) is 0 Å². The second-order valence-corrected chi connectivity index (χ2v) is 5.78. The van der Waals surface area contributed by atoms with E-state index in [-0.39, 0.29) is 17.5 Å². The lowest BCUT2D eigenvalue weighted by atomic mass is 9.91. The molecule has 1 rings (SSSR count). The van der Waals surface area contributed by atoms with Crippen LogP contribution < -0.4 is 5.32 Å². The summed E-state index contributed by atoms with van der Waals surface area (Å²) in [4.78, 5) is 24.7. The lowest BCUT2D eigenvalue weighted by Crippen LogP contribution is -2.57. The normalized spacial score (nSPS) is 25.5. The minimum Gasteiger partial charge on any atom is -0.480 e. The molecule has 2 unspecified atom stereocenters. The first-order valence-corrected chi connectivity index (χ1v) is 6.04. The number of nitrogens with one attached hydrogen (secondary N) is 1.